The maximum Gasteiger partial charge on any atom is 0.357 e. The Bertz CT molecular complexity index is 804. The Morgan fingerprint density at radius 1 is 1.24 bits per heavy atom. The van der Waals surface area contributed by atoms with Crippen LogP contribution in [0.5, 0.6) is 0 Å². The highest BCUT2D eigenvalue weighted by Gasteiger charge is 2.13. The second-order valence-electron chi connectivity index (χ2n) is 4.70. The molecule has 1 heterocycles. The summed E-state index contributed by atoms with van der Waals surface area (Å²) in [6, 6.07) is 5.81. The van der Waals surface area contributed by atoms with Gasteiger partial charge in [0.05, 0.1) is 24.7 Å². The lowest BCUT2D eigenvalue weighted by Crippen LogP contribution is -2.12. The van der Waals surface area contributed by atoms with Gasteiger partial charge in [-0.1, -0.05) is 0 Å². The minimum atomic E-state index is -3.74. The summed E-state index contributed by atoms with van der Waals surface area (Å²) >= 11 is 1.20. The van der Waals surface area contributed by atoms with Crippen LogP contribution in [0.25, 0.3) is 0 Å². The number of rotatable bonds is 9. The van der Waals surface area contributed by atoms with E-state index in [1.807, 2.05) is 0 Å². The Morgan fingerprint density at radius 2 is 1.96 bits per heavy atom. The highest BCUT2D eigenvalue weighted by atomic mass is 32.2. The number of nitrogens with zero attached hydrogens (tertiary/aromatic N) is 1. The Hall–Kier alpha value is -2.05. The van der Waals surface area contributed by atoms with Crippen molar-refractivity contribution in [2.75, 3.05) is 31.7 Å². The third kappa shape index (κ3) is 6.07. The molecule has 0 aliphatic carbocycles. The number of nitrogens with two attached hydrogens (primary N) is 1. The molecule has 136 valence electrons. The van der Waals surface area contributed by atoms with E-state index in [1.54, 1.807) is 0 Å². The maximum atomic E-state index is 11.8. The third-order valence-electron chi connectivity index (χ3n) is 2.84. The number of carbonyl (C=O) groups excluding carboxylic acids is 1. The van der Waals surface area contributed by atoms with Crippen molar-refractivity contribution >= 4 is 38.1 Å². The Morgan fingerprint density at radius 3 is 2.60 bits per heavy atom. The minimum Gasteiger partial charge on any atom is -0.458 e. The summed E-state index contributed by atoms with van der Waals surface area (Å²) in [5.41, 5.74) is 0.745. The van der Waals surface area contributed by atoms with Crippen molar-refractivity contribution in [1.82, 2.24) is 4.98 Å². The predicted molar refractivity (Wildman–Crippen MR) is 91.4 cm³/mol. The molecular formula is C14H17N3O6S2. The lowest BCUT2D eigenvalue weighted by Gasteiger charge is -2.04. The van der Waals surface area contributed by atoms with Crippen molar-refractivity contribution in [2.45, 2.75) is 4.90 Å². The molecule has 0 spiro atoms. The van der Waals surface area contributed by atoms with E-state index in [0.29, 0.717) is 10.8 Å². The summed E-state index contributed by atoms with van der Waals surface area (Å²) in [5.74, 6) is -0.582. The van der Waals surface area contributed by atoms with Crippen molar-refractivity contribution in [3.63, 3.8) is 0 Å². The number of benzene rings is 1. The van der Waals surface area contributed by atoms with Crippen molar-refractivity contribution in [3.8, 4) is 0 Å². The van der Waals surface area contributed by atoms with Gasteiger partial charge >= 0.3 is 5.97 Å². The lowest BCUT2D eigenvalue weighted by atomic mass is 10.3. The number of aliphatic hydroxyl groups excluding tert-OH is 1. The average molecular weight is 387 g/mol. The van der Waals surface area contributed by atoms with Gasteiger partial charge in [0.25, 0.3) is 0 Å². The summed E-state index contributed by atoms with van der Waals surface area (Å²) in [7, 11) is -3.74. The summed E-state index contributed by atoms with van der Waals surface area (Å²) in [6.45, 7) is 0.353. The van der Waals surface area contributed by atoms with Crippen LogP contribution < -0.4 is 10.5 Å². The summed E-state index contributed by atoms with van der Waals surface area (Å²) in [6.07, 6.45) is 0. The van der Waals surface area contributed by atoms with Crippen molar-refractivity contribution in [1.29, 1.82) is 0 Å². The van der Waals surface area contributed by atoms with Gasteiger partial charge in [0.15, 0.2) is 10.8 Å². The normalized spacial score (nSPS) is 11.3. The zero-order chi connectivity index (χ0) is 18.3. The Balaban J connectivity index is 1.89. The van der Waals surface area contributed by atoms with E-state index in [9.17, 15) is 13.2 Å². The van der Waals surface area contributed by atoms with Crippen LogP contribution in [0.1, 0.15) is 10.5 Å². The number of aromatic nitrogens is 1. The highest BCUT2D eigenvalue weighted by molar-refractivity contribution is 7.89. The van der Waals surface area contributed by atoms with Gasteiger partial charge in [-0.3, -0.25) is 0 Å². The third-order valence-corrected chi connectivity index (χ3v) is 4.53. The van der Waals surface area contributed by atoms with Crippen LogP contribution in [0.2, 0.25) is 0 Å². The summed E-state index contributed by atoms with van der Waals surface area (Å²) < 4.78 is 32.4. The summed E-state index contributed by atoms with van der Waals surface area (Å²) in [5, 5.41) is 18.5. The quantitative estimate of drug-likeness (QED) is 0.422. The van der Waals surface area contributed by atoms with E-state index in [1.165, 1.54) is 41.0 Å². The molecule has 0 saturated carbocycles. The van der Waals surface area contributed by atoms with E-state index in [4.69, 9.17) is 19.7 Å². The monoisotopic (exact) mass is 387 g/mol. The number of aliphatic hydroxyl groups is 1. The molecule has 0 saturated heterocycles. The first-order valence-corrected chi connectivity index (χ1v) is 9.54. The first kappa shape index (κ1) is 19.3. The molecule has 4 N–H and O–H groups in total. The van der Waals surface area contributed by atoms with Gasteiger partial charge in [-0.25, -0.2) is 23.3 Å². The second kappa shape index (κ2) is 8.87. The number of nitrogens with one attached hydrogen (secondary N) is 1. The van der Waals surface area contributed by atoms with Crippen LogP contribution in [0.4, 0.5) is 10.8 Å². The molecule has 9 nitrogen and oxygen atoms in total. The van der Waals surface area contributed by atoms with Gasteiger partial charge in [-0.05, 0) is 24.3 Å². The molecule has 2 aromatic rings. The number of ether oxygens (including phenoxy) is 2. The van der Waals surface area contributed by atoms with Crippen LogP contribution in [-0.2, 0) is 19.5 Å². The second-order valence-corrected chi connectivity index (χ2v) is 7.12. The maximum absolute atomic E-state index is 11.8. The van der Waals surface area contributed by atoms with E-state index in [-0.39, 0.29) is 37.0 Å². The Kier molecular flexibility index (Phi) is 6.84. The average Bonchev–Trinajstić information content (AvgIpc) is 3.03. The fourth-order valence-corrected chi connectivity index (χ4v) is 2.93. The number of anilines is 2. The van der Waals surface area contributed by atoms with Gasteiger partial charge in [-0.15, -0.1) is 11.3 Å². The molecule has 1 aromatic heterocycles. The summed E-state index contributed by atoms with van der Waals surface area (Å²) in [4.78, 5) is 15.9. The van der Waals surface area contributed by atoms with Crippen molar-refractivity contribution < 1.29 is 27.8 Å². The van der Waals surface area contributed by atoms with Gasteiger partial charge in [0.2, 0.25) is 10.0 Å². The zero-order valence-electron chi connectivity index (χ0n) is 13.0. The van der Waals surface area contributed by atoms with Crippen LogP contribution >= 0.6 is 11.3 Å². The molecule has 0 amide bonds. The number of esters is 1. The number of primary sulfonamides is 1. The first-order chi connectivity index (χ1) is 11.9. The lowest BCUT2D eigenvalue weighted by molar-refractivity contribution is 0.0254. The van der Waals surface area contributed by atoms with Crippen LogP contribution in [0, 0.1) is 0 Å². The van der Waals surface area contributed by atoms with E-state index >= 15 is 0 Å². The fourth-order valence-electron chi connectivity index (χ4n) is 1.71. The molecule has 0 fully saturated rings. The zero-order valence-corrected chi connectivity index (χ0v) is 14.7. The number of carbonyl (C=O) groups is 1. The smallest absolute Gasteiger partial charge is 0.357 e. The molecule has 0 unspecified atom stereocenters. The van der Waals surface area contributed by atoms with E-state index in [0.717, 1.165) is 0 Å². The molecular weight excluding hydrogens is 370 g/mol. The van der Waals surface area contributed by atoms with E-state index < -0.39 is 16.0 Å². The molecule has 2 rings (SSSR count). The largest absolute Gasteiger partial charge is 0.458 e. The van der Waals surface area contributed by atoms with E-state index in [2.05, 4.69) is 10.3 Å². The topological polar surface area (TPSA) is 141 Å². The molecule has 1 aromatic carbocycles. The van der Waals surface area contributed by atoms with Crippen LogP contribution in [0.15, 0.2) is 34.5 Å². The minimum absolute atomic E-state index is 0.00451. The predicted octanol–water partition coefficient (Wildman–Crippen LogP) is 0.700. The number of hydrogen-bond donors (Lipinski definition) is 3. The van der Waals surface area contributed by atoms with Gasteiger partial charge in [-0.2, -0.15) is 0 Å². The highest BCUT2D eigenvalue weighted by Crippen LogP contribution is 2.22. The van der Waals surface area contributed by atoms with Crippen molar-refractivity contribution in [3.05, 3.63) is 35.3 Å². The number of thiazole rings is 1. The Labute approximate surface area is 148 Å². The molecule has 11 heteroatoms. The van der Waals surface area contributed by atoms with Crippen LogP contribution in [-0.4, -0.2) is 50.9 Å². The van der Waals surface area contributed by atoms with Crippen LogP contribution in [0.3, 0.4) is 0 Å². The fraction of sp³-hybridized carbons (Fsp3) is 0.286. The SMILES string of the molecule is NS(=O)(=O)c1ccc(Nc2nc(C(=O)OCCOCCO)cs2)cc1. The molecule has 0 bridgehead atoms. The number of hydrogen-bond acceptors (Lipinski definition) is 9. The molecule has 0 atom stereocenters. The molecule has 0 aliphatic heterocycles. The number of sulfonamides is 1. The van der Waals surface area contributed by atoms with Gasteiger partial charge < -0.3 is 19.9 Å². The van der Waals surface area contributed by atoms with Gasteiger partial charge in [0, 0.05) is 11.1 Å². The molecule has 25 heavy (non-hydrogen) atoms. The van der Waals surface area contributed by atoms with Gasteiger partial charge in [0.1, 0.15) is 6.61 Å². The first-order valence-electron chi connectivity index (χ1n) is 7.11. The standard InChI is InChI=1S/C14H17N3O6S2/c15-25(20,21)11-3-1-10(2-4-11)16-14-17-12(9-24-14)13(19)23-8-7-22-6-5-18/h1-4,9,18H,5-8H2,(H,16,17)(H2,15,20,21). The molecule has 0 radical (unpaired) electrons. The van der Waals surface area contributed by atoms with Crippen molar-refractivity contribution in [2.24, 2.45) is 5.14 Å². The molecule has 0 aliphatic rings.